The smallest absolute Gasteiger partial charge is 0.253 e. The number of rotatable bonds is 8. The number of nitrogens with zero attached hydrogens (tertiary/aromatic N) is 3. The zero-order valence-electron chi connectivity index (χ0n) is 15.4. The minimum atomic E-state index is -0.0278. The Morgan fingerprint density at radius 2 is 1.78 bits per heavy atom. The Kier molecular flexibility index (Phi) is 6.04. The molecule has 0 saturated carbocycles. The summed E-state index contributed by atoms with van der Waals surface area (Å²) >= 11 is 0. The van der Waals surface area contributed by atoms with Crippen molar-refractivity contribution in [3.05, 3.63) is 60.4 Å². The van der Waals surface area contributed by atoms with E-state index in [0.717, 1.165) is 17.1 Å². The number of benzene rings is 2. The molecular weight excluding hydrogens is 344 g/mol. The molecule has 0 aliphatic heterocycles. The van der Waals surface area contributed by atoms with Crippen molar-refractivity contribution in [1.82, 2.24) is 20.1 Å². The number of hydrogen-bond acceptors (Lipinski definition) is 5. The summed E-state index contributed by atoms with van der Waals surface area (Å²) < 4.78 is 10.8. The van der Waals surface area contributed by atoms with Gasteiger partial charge in [0, 0.05) is 17.7 Å². The molecule has 3 aromatic rings. The molecule has 0 fully saturated rings. The van der Waals surface area contributed by atoms with Crippen LogP contribution in [0.4, 0.5) is 0 Å². The highest BCUT2D eigenvalue weighted by molar-refractivity contribution is 5.94. The minimum absolute atomic E-state index is 0.0278. The second-order valence-electron chi connectivity index (χ2n) is 5.82. The van der Waals surface area contributed by atoms with Crippen molar-refractivity contribution in [2.75, 3.05) is 26.8 Å². The fourth-order valence-corrected chi connectivity index (χ4v) is 2.65. The van der Waals surface area contributed by atoms with Crippen LogP contribution in [-0.2, 0) is 0 Å². The van der Waals surface area contributed by atoms with E-state index in [4.69, 9.17) is 9.47 Å². The fourth-order valence-electron chi connectivity index (χ4n) is 2.65. The van der Waals surface area contributed by atoms with Crippen LogP contribution in [0, 0.1) is 0 Å². The lowest BCUT2D eigenvalue weighted by atomic mass is 10.1. The third kappa shape index (κ3) is 4.63. The van der Waals surface area contributed by atoms with Crippen LogP contribution >= 0.6 is 0 Å². The maximum Gasteiger partial charge on any atom is 0.253 e. The number of aromatic nitrogens is 3. The summed E-state index contributed by atoms with van der Waals surface area (Å²) in [5.74, 6) is 2.17. The molecule has 1 aromatic heterocycles. The van der Waals surface area contributed by atoms with E-state index < -0.39 is 0 Å². The highest BCUT2D eigenvalue weighted by Crippen LogP contribution is 2.18. The number of H-pyrrole nitrogens is 1. The summed E-state index contributed by atoms with van der Waals surface area (Å²) in [6, 6.07) is 14.7. The Labute approximate surface area is 158 Å². The van der Waals surface area contributed by atoms with Crippen LogP contribution in [-0.4, -0.2) is 52.8 Å². The number of aromatic amines is 1. The van der Waals surface area contributed by atoms with Crippen LogP contribution in [0.5, 0.6) is 11.5 Å². The standard InChI is InChI=1S/C20H22N4O3/c1-3-24(12-13-27-18-10-8-17(26-2)9-11-18)20(25)16-6-4-15(5-7-16)19-21-14-22-23-19/h4-11,14H,3,12-13H2,1-2H3,(H,21,22,23). The third-order valence-electron chi connectivity index (χ3n) is 4.18. The summed E-state index contributed by atoms with van der Waals surface area (Å²) in [6.07, 6.45) is 1.45. The van der Waals surface area contributed by atoms with Crippen LogP contribution in [0.25, 0.3) is 11.4 Å². The number of amides is 1. The molecule has 0 spiro atoms. The first-order chi connectivity index (χ1) is 13.2. The van der Waals surface area contributed by atoms with Crippen molar-refractivity contribution in [2.45, 2.75) is 6.92 Å². The Hall–Kier alpha value is -3.35. The van der Waals surface area contributed by atoms with Gasteiger partial charge in [0.2, 0.25) is 0 Å². The number of carbonyl (C=O) groups is 1. The summed E-state index contributed by atoms with van der Waals surface area (Å²) in [5, 5.41) is 6.64. The maximum atomic E-state index is 12.7. The highest BCUT2D eigenvalue weighted by Gasteiger charge is 2.14. The van der Waals surface area contributed by atoms with Crippen LogP contribution < -0.4 is 9.47 Å². The van der Waals surface area contributed by atoms with Crippen molar-refractivity contribution in [1.29, 1.82) is 0 Å². The number of hydrogen-bond donors (Lipinski definition) is 1. The van der Waals surface area contributed by atoms with Gasteiger partial charge in [0.25, 0.3) is 5.91 Å². The Bertz CT molecular complexity index is 846. The molecule has 2 aromatic carbocycles. The molecule has 0 unspecified atom stereocenters. The van der Waals surface area contributed by atoms with E-state index in [0.29, 0.717) is 31.1 Å². The van der Waals surface area contributed by atoms with Crippen molar-refractivity contribution in [3.8, 4) is 22.9 Å². The van der Waals surface area contributed by atoms with Gasteiger partial charge >= 0.3 is 0 Å². The minimum Gasteiger partial charge on any atom is -0.497 e. The average molecular weight is 366 g/mol. The van der Waals surface area contributed by atoms with Gasteiger partial charge in [-0.25, -0.2) is 4.98 Å². The SMILES string of the molecule is CCN(CCOc1ccc(OC)cc1)C(=O)c1ccc(-c2ncn[nH]2)cc1. The van der Waals surface area contributed by atoms with Crippen LogP contribution in [0.1, 0.15) is 17.3 Å². The summed E-state index contributed by atoms with van der Waals surface area (Å²) in [7, 11) is 1.62. The van der Waals surface area contributed by atoms with Crippen molar-refractivity contribution < 1.29 is 14.3 Å². The first-order valence-corrected chi connectivity index (χ1v) is 8.73. The van der Waals surface area contributed by atoms with Crippen LogP contribution in [0.15, 0.2) is 54.9 Å². The van der Waals surface area contributed by atoms with Gasteiger partial charge < -0.3 is 14.4 Å². The number of likely N-dealkylation sites (N-methyl/N-ethyl adjacent to an activating group) is 1. The number of nitrogens with one attached hydrogen (secondary N) is 1. The lowest BCUT2D eigenvalue weighted by Crippen LogP contribution is -2.34. The molecule has 0 aliphatic rings. The zero-order chi connectivity index (χ0) is 19.1. The molecule has 7 nitrogen and oxygen atoms in total. The summed E-state index contributed by atoms with van der Waals surface area (Å²) in [5.41, 5.74) is 1.51. The second kappa shape index (κ2) is 8.84. The van der Waals surface area contributed by atoms with E-state index in [-0.39, 0.29) is 5.91 Å². The van der Waals surface area contributed by atoms with E-state index in [1.54, 1.807) is 24.1 Å². The Balaban J connectivity index is 1.56. The van der Waals surface area contributed by atoms with Gasteiger partial charge in [-0.15, -0.1) is 0 Å². The van der Waals surface area contributed by atoms with E-state index in [9.17, 15) is 4.79 Å². The van der Waals surface area contributed by atoms with Gasteiger partial charge in [-0.2, -0.15) is 5.10 Å². The highest BCUT2D eigenvalue weighted by atomic mass is 16.5. The molecule has 1 N–H and O–H groups in total. The zero-order valence-corrected chi connectivity index (χ0v) is 15.4. The molecule has 0 aliphatic carbocycles. The molecular formula is C20H22N4O3. The van der Waals surface area contributed by atoms with Gasteiger partial charge in [0.05, 0.1) is 13.7 Å². The molecule has 0 saturated heterocycles. The molecule has 3 rings (SSSR count). The quantitative estimate of drug-likeness (QED) is 0.663. The average Bonchev–Trinajstić information content (AvgIpc) is 3.26. The van der Waals surface area contributed by atoms with Crippen LogP contribution in [0.3, 0.4) is 0 Å². The van der Waals surface area contributed by atoms with Gasteiger partial charge in [-0.1, -0.05) is 12.1 Å². The maximum absolute atomic E-state index is 12.7. The number of carbonyl (C=O) groups excluding carboxylic acids is 1. The fraction of sp³-hybridized carbons (Fsp3) is 0.250. The van der Waals surface area contributed by atoms with Gasteiger partial charge in [-0.3, -0.25) is 9.89 Å². The summed E-state index contributed by atoms with van der Waals surface area (Å²) in [6.45, 7) is 3.48. The molecule has 1 heterocycles. The molecule has 1 amide bonds. The molecule has 0 atom stereocenters. The normalized spacial score (nSPS) is 10.4. The van der Waals surface area contributed by atoms with E-state index in [1.807, 2.05) is 43.3 Å². The lowest BCUT2D eigenvalue weighted by Gasteiger charge is -2.21. The topological polar surface area (TPSA) is 80.3 Å². The number of methoxy groups -OCH3 is 1. The molecule has 27 heavy (non-hydrogen) atoms. The first kappa shape index (κ1) is 18.4. The van der Waals surface area contributed by atoms with E-state index >= 15 is 0 Å². The third-order valence-corrected chi connectivity index (χ3v) is 4.18. The van der Waals surface area contributed by atoms with Gasteiger partial charge in [-0.05, 0) is 43.3 Å². The van der Waals surface area contributed by atoms with Crippen LogP contribution in [0.2, 0.25) is 0 Å². The number of ether oxygens (including phenoxy) is 2. The molecule has 140 valence electrons. The van der Waals surface area contributed by atoms with E-state index in [1.165, 1.54) is 6.33 Å². The Morgan fingerprint density at radius 3 is 2.37 bits per heavy atom. The molecule has 7 heteroatoms. The first-order valence-electron chi connectivity index (χ1n) is 8.73. The predicted octanol–water partition coefficient (Wildman–Crippen LogP) is 3.02. The predicted molar refractivity (Wildman–Crippen MR) is 102 cm³/mol. The monoisotopic (exact) mass is 366 g/mol. The van der Waals surface area contributed by atoms with Crippen molar-refractivity contribution in [3.63, 3.8) is 0 Å². The van der Waals surface area contributed by atoms with E-state index in [2.05, 4.69) is 15.2 Å². The largest absolute Gasteiger partial charge is 0.497 e. The lowest BCUT2D eigenvalue weighted by molar-refractivity contribution is 0.0740. The Morgan fingerprint density at radius 1 is 1.07 bits per heavy atom. The summed E-state index contributed by atoms with van der Waals surface area (Å²) in [4.78, 5) is 18.6. The van der Waals surface area contributed by atoms with Gasteiger partial charge in [0.15, 0.2) is 5.82 Å². The molecule has 0 radical (unpaired) electrons. The van der Waals surface area contributed by atoms with Crippen molar-refractivity contribution in [2.24, 2.45) is 0 Å². The van der Waals surface area contributed by atoms with Crippen molar-refractivity contribution >= 4 is 5.91 Å². The van der Waals surface area contributed by atoms with Gasteiger partial charge in [0.1, 0.15) is 24.4 Å². The molecule has 0 bridgehead atoms. The second-order valence-corrected chi connectivity index (χ2v) is 5.82.